The molecule has 4 nitrogen and oxygen atoms in total. The molecule has 120 valence electrons. The third kappa shape index (κ3) is 3.95. The maximum atomic E-state index is 12.6. The first-order chi connectivity index (χ1) is 9.45. The molecule has 1 aliphatic rings. The molecule has 20 heavy (non-hydrogen) atoms. The average Bonchev–Trinajstić information content (AvgIpc) is 2.46. The second kappa shape index (κ2) is 7.76. The van der Waals surface area contributed by atoms with Crippen LogP contribution in [0.1, 0.15) is 65.7 Å². The van der Waals surface area contributed by atoms with Gasteiger partial charge in [0, 0.05) is 18.6 Å². The van der Waals surface area contributed by atoms with E-state index >= 15 is 0 Å². The predicted octanol–water partition coefficient (Wildman–Crippen LogP) is 2.74. The third-order valence-electron chi connectivity index (χ3n) is 4.90. The first-order valence-corrected chi connectivity index (χ1v) is 9.77. The van der Waals surface area contributed by atoms with Gasteiger partial charge in [0.1, 0.15) is 0 Å². The van der Waals surface area contributed by atoms with Crippen molar-refractivity contribution in [3.63, 3.8) is 0 Å². The molecule has 0 unspecified atom stereocenters. The molecule has 1 aliphatic carbocycles. The van der Waals surface area contributed by atoms with Crippen molar-refractivity contribution >= 4 is 10.0 Å². The molecule has 0 bridgehead atoms. The van der Waals surface area contributed by atoms with Gasteiger partial charge in [-0.25, -0.2) is 8.42 Å². The van der Waals surface area contributed by atoms with E-state index in [0.29, 0.717) is 13.1 Å². The van der Waals surface area contributed by atoms with Gasteiger partial charge in [-0.1, -0.05) is 33.6 Å². The SMILES string of the molecule is CCCCS(=O)(=O)N(CC)C1(CN)CCC(CC)CC1. The summed E-state index contributed by atoms with van der Waals surface area (Å²) >= 11 is 0. The zero-order valence-corrected chi connectivity index (χ0v) is 14.2. The summed E-state index contributed by atoms with van der Waals surface area (Å²) in [7, 11) is -3.18. The van der Waals surface area contributed by atoms with Crippen LogP contribution >= 0.6 is 0 Å². The van der Waals surface area contributed by atoms with E-state index in [4.69, 9.17) is 5.73 Å². The van der Waals surface area contributed by atoms with Gasteiger partial charge < -0.3 is 5.73 Å². The zero-order valence-electron chi connectivity index (χ0n) is 13.4. The topological polar surface area (TPSA) is 63.4 Å². The van der Waals surface area contributed by atoms with Gasteiger partial charge in [-0.2, -0.15) is 4.31 Å². The van der Waals surface area contributed by atoms with Crippen molar-refractivity contribution in [2.75, 3.05) is 18.8 Å². The van der Waals surface area contributed by atoms with Crippen LogP contribution in [-0.4, -0.2) is 37.1 Å². The Labute approximate surface area is 125 Å². The lowest BCUT2D eigenvalue weighted by Gasteiger charge is -2.46. The van der Waals surface area contributed by atoms with Gasteiger partial charge >= 0.3 is 0 Å². The highest BCUT2D eigenvalue weighted by Crippen LogP contribution is 2.38. The summed E-state index contributed by atoms with van der Waals surface area (Å²) in [5.41, 5.74) is 5.69. The van der Waals surface area contributed by atoms with Crippen molar-refractivity contribution in [3.8, 4) is 0 Å². The Morgan fingerprint density at radius 2 is 1.80 bits per heavy atom. The largest absolute Gasteiger partial charge is 0.329 e. The summed E-state index contributed by atoms with van der Waals surface area (Å²) in [6, 6.07) is 0. The van der Waals surface area contributed by atoms with Crippen molar-refractivity contribution < 1.29 is 8.42 Å². The minimum Gasteiger partial charge on any atom is -0.329 e. The molecule has 0 aromatic heterocycles. The lowest BCUT2D eigenvalue weighted by molar-refractivity contribution is 0.114. The zero-order chi connectivity index (χ0) is 15.2. The third-order valence-corrected chi connectivity index (χ3v) is 7.02. The molecule has 0 saturated heterocycles. The van der Waals surface area contributed by atoms with Crippen molar-refractivity contribution in [2.45, 2.75) is 71.3 Å². The van der Waals surface area contributed by atoms with E-state index in [-0.39, 0.29) is 11.3 Å². The number of rotatable bonds is 8. The van der Waals surface area contributed by atoms with Crippen LogP contribution in [0, 0.1) is 5.92 Å². The Kier molecular flexibility index (Phi) is 6.95. The Hall–Kier alpha value is -0.130. The van der Waals surface area contributed by atoms with Crippen LogP contribution in [0.5, 0.6) is 0 Å². The predicted molar refractivity (Wildman–Crippen MR) is 85.1 cm³/mol. The summed E-state index contributed by atoms with van der Waals surface area (Å²) in [6.07, 6.45) is 6.88. The second-order valence-electron chi connectivity index (χ2n) is 6.11. The van der Waals surface area contributed by atoms with Gasteiger partial charge in [0.15, 0.2) is 0 Å². The minimum absolute atomic E-state index is 0.260. The number of sulfonamides is 1. The molecule has 0 aromatic carbocycles. The second-order valence-corrected chi connectivity index (χ2v) is 8.13. The van der Waals surface area contributed by atoms with E-state index in [2.05, 4.69) is 6.92 Å². The maximum Gasteiger partial charge on any atom is 0.214 e. The number of nitrogens with zero attached hydrogens (tertiary/aromatic N) is 1. The summed E-state index contributed by atoms with van der Waals surface area (Å²) in [6.45, 7) is 7.17. The van der Waals surface area contributed by atoms with Crippen LogP contribution in [0.4, 0.5) is 0 Å². The Balaban J connectivity index is 2.90. The quantitative estimate of drug-likeness (QED) is 0.750. The molecular weight excluding hydrogens is 272 g/mol. The highest BCUT2D eigenvalue weighted by atomic mass is 32.2. The van der Waals surface area contributed by atoms with E-state index in [1.54, 1.807) is 4.31 Å². The maximum absolute atomic E-state index is 12.6. The molecule has 2 N–H and O–H groups in total. The van der Waals surface area contributed by atoms with Crippen molar-refractivity contribution in [1.29, 1.82) is 0 Å². The number of hydrogen-bond donors (Lipinski definition) is 1. The van der Waals surface area contributed by atoms with Crippen LogP contribution in [0.2, 0.25) is 0 Å². The summed E-state index contributed by atoms with van der Waals surface area (Å²) in [5, 5.41) is 0. The van der Waals surface area contributed by atoms with E-state index in [0.717, 1.165) is 44.4 Å². The Bertz CT molecular complexity index is 373. The van der Waals surface area contributed by atoms with Crippen LogP contribution < -0.4 is 5.73 Å². The van der Waals surface area contributed by atoms with Gasteiger partial charge in [0.25, 0.3) is 0 Å². The molecule has 1 fully saturated rings. The van der Waals surface area contributed by atoms with E-state index < -0.39 is 10.0 Å². The first-order valence-electron chi connectivity index (χ1n) is 8.16. The van der Waals surface area contributed by atoms with Gasteiger partial charge in [-0.3, -0.25) is 0 Å². The normalized spacial score (nSPS) is 27.9. The number of unbranched alkanes of at least 4 members (excludes halogenated alkanes) is 1. The summed E-state index contributed by atoms with van der Waals surface area (Å²) in [4.78, 5) is 0. The van der Waals surface area contributed by atoms with Crippen LogP contribution in [0.25, 0.3) is 0 Å². The lowest BCUT2D eigenvalue weighted by Crippen LogP contribution is -2.58. The van der Waals surface area contributed by atoms with Gasteiger partial charge in [0.2, 0.25) is 10.0 Å². The molecule has 0 aromatic rings. The average molecular weight is 305 g/mol. The standard InChI is InChI=1S/C15H32N2O2S/c1-4-7-12-20(18,19)17(6-3)15(13-16)10-8-14(5-2)9-11-15/h14H,4-13,16H2,1-3H3. The highest BCUT2D eigenvalue weighted by molar-refractivity contribution is 7.89. The molecule has 0 atom stereocenters. The fraction of sp³-hybridized carbons (Fsp3) is 1.00. The van der Waals surface area contributed by atoms with E-state index in [1.165, 1.54) is 6.42 Å². The molecule has 1 saturated carbocycles. The molecule has 1 rings (SSSR count). The first kappa shape index (κ1) is 17.9. The van der Waals surface area contributed by atoms with Crippen molar-refractivity contribution in [3.05, 3.63) is 0 Å². The highest BCUT2D eigenvalue weighted by Gasteiger charge is 2.43. The molecule has 0 spiro atoms. The van der Waals surface area contributed by atoms with Gasteiger partial charge in [-0.15, -0.1) is 0 Å². The minimum atomic E-state index is -3.18. The van der Waals surface area contributed by atoms with Gasteiger partial charge in [0.05, 0.1) is 5.75 Å². The van der Waals surface area contributed by atoms with Gasteiger partial charge in [-0.05, 0) is 38.0 Å². The summed E-state index contributed by atoms with van der Waals surface area (Å²) in [5.74, 6) is 1.00. The molecule has 5 heteroatoms. The molecule has 0 amide bonds. The van der Waals surface area contributed by atoms with Crippen LogP contribution in [0.15, 0.2) is 0 Å². The Morgan fingerprint density at radius 3 is 2.20 bits per heavy atom. The van der Waals surface area contributed by atoms with Crippen LogP contribution in [0.3, 0.4) is 0 Å². The number of likely N-dealkylation sites (N-methyl/N-ethyl adjacent to an activating group) is 1. The van der Waals surface area contributed by atoms with Crippen molar-refractivity contribution in [2.24, 2.45) is 11.7 Å². The fourth-order valence-electron chi connectivity index (χ4n) is 3.44. The molecule has 0 aliphatic heterocycles. The molecule has 0 heterocycles. The number of hydrogen-bond acceptors (Lipinski definition) is 3. The fourth-order valence-corrected chi connectivity index (χ4v) is 5.56. The molecule has 0 radical (unpaired) electrons. The lowest BCUT2D eigenvalue weighted by atomic mass is 9.75. The number of nitrogens with two attached hydrogens (primary N) is 1. The van der Waals surface area contributed by atoms with Crippen LogP contribution in [-0.2, 0) is 10.0 Å². The van der Waals surface area contributed by atoms with E-state index in [1.807, 2.05) is 13.8 Å². The Morgan fingerprint density at radius 1 is 1.20 bits per heavy atom. The monoisotopic (exact) mass is 304 g/mol. The van der Waals surface area contributed by atoms with E-state index in [9.17, 15) is 8.42 Å². The smallest absolute Gasteiger partial charge is 0.214 e. The summed E-state index contributed by atoms with van der Waals surface area (Å²) < 4.78 is 26.9. The molecular formula is C15H32N2O2S. The van der Waals surface area contributed by atoms with Crippen molar-refractivity contribution in [1.82, 2.24) is 4.31 Å².